The van der Waals surface area contributed by atoms with Gasteiger partial charge in [0.25, 0.3) is 0 Å². The molecule has 94 valence electrons. The first-order valence-corrected chi connectivity index (χ1v) is 7.45. The third-order valence-electron chi connectivity index (χ3n) is 3.52. The zero-order chi connectivity index (χ0) is 12.5. The third-order valence-corrected chi connectivity index (χ3v) is 5.36. The van der Waals surface area contributed by atoms with Crippen molar-refractivity contribution in [1.29, 1.82) is 0 Å². The van der Waals surface area contributed by atoms with E-state index in [-0.39, 0.29) is 18.1 Å². The molecule has 2 atom stereocenters. The Morgan fingerprint density at radius 1 is 1.35 bits per heavy atom. The largest absolute Gasteiger partial charge is 0.388 e. The molecule has 0 amide bonds. The molecule has 1 aromatic carbocycles. The molecule has 1 aliphatic heterocycles. The van der Waals surface area contributed by atoms with Gasteiger partial charge in [-0.3, -0.25) is 0 Å². The molecule has 2 unspecified atom stereocenters. The number of aliphatic hydroxyl groups excluding tert-OH is 1. The van der Waals surface area contributed by atoms with Gasteiger partial charge in [0.1, 0.15) is 0 Å². The van der Waals surface area contributed by atoms with Gasteiger partial charge in [-0.25, -0.2) is 8.42 Å². The minimum atomic E-state index is -3.06. The van der Waals surface area contributed by atoms with E-state index in [2.05, 4.69) is 0 Å². The van der Waals surface area contributed by atoms with Crippen molar-refractivity contribution in [2.75, 3.05) is 18.1 Å². The lowest BCUT2D eigenvalue weighted by Gasteiger charge is -2.31. The molecule has 4 nitrogen and oxygen atoms in total. The van der Waals surface area contributed by atoms with Crippen molar-refractivity contribution in [1.82, 2.24) is 0 Å². The van der Waals surface area contributed by atoms with E-state index < -0.39 is 21.4 Å². The highest BCUT2D eigenvalue weighted by molar-refractivity contribution is 7.91. The third kappa shape index (κ3) is 2.36. The molecule has 1 heterocycles. The summed E-state index contributed by atoms with van der Waals surface area (Å²) in [5.41, 5.74) is 5.71. The molecular weight excluding hydrogens is 238 g/mol. The predicted molar refractivity (Wildman–Crippen MR) is 66.2 cm³/mol. The number of nitrogens with two attached hydrogens (primary N) is 1. The molecule has 0 aliphatic carbocycles. The van der Waals surface area contributed by atoms with Crippen LogP contribution >= 0.6 is 0 Å². The Bertz CT molecular complexity index is 486. The monoisotopic (exact) mass is 255 g/mol. The molecule has 17 heavy (non-hydrogen) atoms. The van der Waals surface area contributed by atoms with Gasteiger partial charge in [0.15, 0.2) is 9.84 Å². The van der Waals surface area contributed by atoms with Crippen molar-refractivity contribution < 1.29 is 13.5 Å². The van der Waals surface area contributed by atoms with E-state index >= 15 is 0 Å². The van der Waals surface area contributed by atoms with Gasteiger partial charge in [-0.2, -0.15) is 0 Å². The van der Waals surface area contributed by atoms with Gasteiger partial charge in [0.2, 0.25) is 0 Å². The Morgan fingerprint density at radius 3 is 2.47 bits per heavy atom. The molecule has 0 saturated carbocycles. The summed E-state index contributed by atoms with van der Waals surface area (Å²) in [4.78, 5) is 0. The van der Waals surface area contributed by atoms with Crippen molar-refractivity contribution in [3.63, 3.8) is 0 Å². The zero-order valence-corrected chi connectivity index (χ0v) is 10.4. The van der Waals surface area contributed by atoms with E-state index in [1.54, 1.807) is 12.1 Å². The van der Waals surface area contributed by atoms with Gasteiger partial charge in [0.05, 0.1) is 17.6 Å². The topological polar surface area (TPSA) is 80.4 Å². The number of benzene rings is 1. The standard InChI is InChI=1S/C12H17NO3S/c13-8-12(6-7-17(15,16)9-12)11(14)10-4-2-1-3-5-10/h1-5,11,14H,6-9,13H2. The summed E-state index contributed by atoms with van der Waals surface area (Å²) in [5, 5.41) is 10.4. The summed E-state index contributed by atoms with van der Waals surface area (Å²) >= 11 is 0. The maximum absolute atomic E-state index is 11.6. The quantitative estimate of drug-likeness (QED) is 0.823. The molecule has 2 rings (SSSR count). The number of sulfone groups is 1. The first-order chi connectivity index (χ1) is 7.99. The van der Waals surface area contributed by atoms with E-state index in [9.17, 15) is 13.5 Å². The number of rotatable bonds is 3. The molecule has 1 aromatic rings. The second-order valence-electron chi connectivity index (χ2n) is 4.72. The zero-order valence-electron chi connectivity index (χ0n) is 9.54. The van der Waals surface area contributed by atoms with Crippen molar-refractivity contribution in [2.24, 2.45) is 11.1 Å². The van der Waals surface area contributed by atoms with Crippen molar-refractivity contribution >= 4 is 9.84 Å². The summed E-state index contributed by atoms with van der Waals surface area (Å²) in [6.45, 7) is 0.183. The molecule has 3 N–H and O–H groups in total. The van der Waals surface area contributed by atoms with E-state index in [1.807, 2.05) is 18.2 Å². The van der Waals surface area contributed by atoms with E-state index in [4.69, 9.17) is 5.73 Å². The summed E-state index contributed by atoms with van der Waals surface area (Å²) in [5.74, 6) is 0.0979. The van der Waals surface area contributed by atoms with Crippen LogP contribution in [0.3, 0.4) is 0 Å². The summed E-state index contributed by atoms with van der Waals surface area (Å²) in [7, 11) is -3.06. The average molecular weight is 255 g/mol. The average Bonchev–Trinajstić information content (AvgIpc) is 2.66. The first kappa shape index (κ1) is 12.5. The summed E-state index contributed by atoms with van der Waals surface area (Å²) in [6, 6.07) is 9.11. The fourth-order valence-electron chi connectivity index (χ4n) is 2.42. The highest BCUT2D eigenvalue weighted by atomic mass is 32.2. The van der Waals surface area contributed by atoms with E-state index in [0.717, 1.165) is 5.56 Å². The van der Waals surface area contributed by atoms with Crippen molar-refractivity contribution in [2.45, 2.75) is 12.5 Å². The van der Waals surface area contributed by atoms with Gasteiger partial charge < -0.3 is 10.8 Å². The van der Waals surface area contributed by atoms with Crippen LogP contribution in [0.5, 0.6) is 0 Å². The second-order valence-corrected chi connectivity index (χ2v) is 6.91. The van der Waals surface area contributed by atoms with Crippen LogP contribution in [0, 0.1) is 5.41 Å². The molecule has 0 spiro atoms. The number of hydrogen-bond donors (Lipinski definition) is 2. The second kappa shape index (κ2) is 4.40. The lowest BCUT2D eigenvalue weighted by Crippen LogP contribution is -2.38. The van der Waals surface area contributed by atoms with Crippen molar-refractivity contribution in [3.8, 4) is 0 Å². The van der Waals surface area contributed by atoms with Gasteiger partial charge in [-0.1, -0.05) is 30.3 Å². The van der Waals surface area contributed by atoms with Crippen LogP contribution in [0.4, 0.5) is 0 Å². The molecule has 0 bridgehead atoms. The summed E-state index contributed by atoms with van der Waals surface area (Å²) in [6.07, 6.45) is -0.381. The lowest BCUT2D eigenvalue weighted by molar-refractivity contribution is 0.0472. The molecule has 1 saturated heterocycles. The van der Waals surface area contributed by atoms with Crippen LogP contribution in [0.1, 0.15) is 18.1 Å². The van der Waals surface area contributed by atoms with Crippen LogP contribution in [-0.4, -0.2) is 31.6 Å². The van der Waals surface area contributed by atoms with Crippen LogP contribution in [0.15, 0.2) is 30.3 Å². The molecule has 0 aromatic heterocycles. The van der Waals surface area contributed by atoms with Gasteiger partial charge >= 0.3 is 0 Å². The first-order valence-electron chi connectivity index (χ1n) is 5.63. The molecule has 0 radical (unpaired) electrons. The van der Waals surface area contributed by atoms with E-state index in [1.165, 1.54) is 0 Å². The lowest BCUT2D eigenvalue weighted by atomic mass is 9.78. The smallest absolute Gasteiger partial charge is 0.151 e. The maximum Gasteiger partial charge on any atom is 0.151 e. The fourth-order valence-corrected chi connectivity index (χ4v) is 4.58. The predicted octanol–water partition coefficient (Wildman–Crippen LogP) is 0.484. The van der Waals surface area contributed by atoms with Gasteiger partial charge in [-0.05, 0) is 12.0 Å². The Kier molecular flexibility index (Phi) is 3.25. The summed E-state index contributed by atoms with van der Waals surface area (Å²) < 4.78 is 23.1. The molecule has 5 heteroatoms. The minimum absolute atomic E-state index is 0.0213. The molecule has 1 fully saturated rings. The molecule has 1 aliphatic rings. The van der Waals surface area contributed by atoms with Gasteiger partial charge in [0, 0.05) is 12.0 Å². The normalized spacial score (nSPS) is 29.1. The fraction of sp³-hybridized carbons (Fsp3) is 0.500. The molecular formula is C12H17NO3S. The number of hydrogen-bond acceptors (Lipinski definition) is 4. The Labute approximate surface area is 101 Å². The number of aliphatic hydroxyl groups is 1. The Balaban J connectivity index is 2.32. The van der Waals surface area contributed by atoms with Crippen LogP contribution < -0.4 is 5.73 Å². The minimum Gasteiger partial charge on any atom is -0.388 e. The SMILES string of the molecule is NCC1(C(O)c2ccccc2)CCS(=O)(=O)C1. The van der Waals surface area contributed by atoms with E-state index in [0.29, 0.717) is 6.42 Å². The highest BCUT2D eigenvalue weighted by Gasteiger charge is 2.46. The Hall–Kier alpha value is -0.910. The van der Waals surface area contributed by atoms with Crippen LogP contribution in [0.2, 0.25) is 0 Å². The maximum atomic E-state index is 11.6. The van der Waals surface area contributed by atoms with Crippen molar-refractivity contribution in [3.05, 3.63) is 35.9 Å². The van der Waals surface area contributed by atoms with Crippen LogP contribution in [0.25, 0.3) is 0 Å². The van der Waals surface area contributed by atoms with Crippen LogP contribution in [-0.2, 0) is 9.84 Å². The Morgan fingerprint density at radius 2 is 2.00 bits per heavy atom. The highest BCUT2D eigenvalue weighted by Crippen LogP contribution is 2.42. The van der Waals surface area contributed by atoms with Gasteiger partial charge in [-0.15, -0.1) is 0 Å².